The quantitative estimate of drug-likeness (QED) is 0.567. The highest BCUT2D eigenvalue weighted by Gasteiger charge is 2.30. The topological polar surface area (TPSA) is 45.5 Å². The van der Waals surface area contributed by atoms with E-state index >= 15 is 0 Å². The first kappa shape index (κ1) is 18.8. The van der Waals surface area contributed by atoms with Gasteiger partial charge in [0.15, 0.2) is 0 Å². The Morgan fingerprint density at radius 3 is 2.70 bits per heavy atom. The second kappa shape index (κ2) is 7.25. The maximum Gasteiger partial charge on any atom is 0.140 e. The fourth-order valence-corrected chi connectivity index (χ4v) is 4.90. The summed E-state index contributed by atoms with van der Waals surface area (Å²) in [5.74, 6) is 3.25. The molecule has 0 fully saturated rings. The molecule has 0 unspecified atom stereocenters. The van der Waals surface area contributed by atoms with Gasteiger partial charge in [0.25, 0.3) is 0 Å². The lowest BCUT2D eigenvalue weighted by atomic mass is 9.86. The maximum atomic E-state index is 9.25. The van der Waals surface area contributed by atoms with Crippen LogP contribution >= 0.6 is 0 Å². The van der Waals surface area contributed by atoms with E-state index in [1.807, 2.05) is 32.1 Å². The number of nitrogens with zero attached hydrogens (tertiary/aromatic N) is 2. The van der Waals surface area contributed by atoms with Gasteiger partial charge in [0.1, 0.15) is 23.0 Å². The van der Waals surface area contributed by atoms with E-state index < -0.39 is 0 Å². The van der Waals surface area contributed by atoms with Crippen LogP contribution < -0.4 is 9.64 Å². The normalized spacial score (nSPS) is 22.5. The first-order valence-electron chi connectivity index (χ1n) is 10.7. The standard InChI is InChI=1S/C26H26N2O2/c1-16-10-21(14-22-12-20(17(2)15-27)11-18(3)29-22)30-26-23-7-5-9-28-8-4-6-19(25(23)28)13-24(16)26/h10-14H,4-9H2,1-3H3/b20-17-,21-14?. The van der Waals surface area contributed by atoms with Crippen LogP contribution in [0.15, 0.2) is 58.8 Å². The Kier molecular flexibility index (Phi) is 4.55. The Labute approximate surface area is 178 Å². The van der Waals surface area contributed by atoms with Gasteiger partial charge in [-0.25, -0.2) is 0 Å². The molecule has 0 amide bonds. The summed E-state index contributed by atoms with van der Waals surface area (Å²) in [6.07, 6.45) is 12.4. The third-order valence-electron chi connectivity index (χ3n) is 6.30. The summed E-state index contributed by atoms with van der Waals surface area (Å²) in [6, 6.07) is 4.56. The zero-order chi connectivity index (χ0) is 20.8. The summed E-state index contributed by atoms with van der Waals surface area (Å²) < 4.78 is 12.4. The molecule has 4 aliphatic heterocycles. The minimum Gasteiger partial charge on any atom is -0.462 e. The number of benzene rings is 1. The molecule has 0 saturated carbocycles. The summed E-state index contributed by atoms with van der Waals surface area (Å²) in [5.41, 5.74) is 8.25. The Hall–Kier alpha value is -3.19. The molecule has 0 aliphatic carbocycles. The fourth-order valence-electron chi connectivity index (χ4n) is 4.90. The van der Waals surface area contributed by atoms with Crippen LogP contribution in [-0.2, 0) is 17.6 Å². The van der Waals surface area contributed by atoms with Gasteiger partial charge >= 0.3 is 0 Å². The SMILES string of the molecule is CC1=C/C(=C(\C)C#N)C=C(C=C2C=C(C)c3cc4c5c(c3O2)CCCN5CCC4)O1. The highest BCUT2D eigenvalue weighted by Crippen LogP contribution is 2.46. The van der Waals surface area contributed by atoms with E-state index in [4.69, 9.17) is 9.47 Å². The highest BCUT2D eigenvalue weighted by molar-refractivity contribution is 5.81. The fraction of sp³-hybridized carbons (Fsp3) is 0.346. The highest BCUT2D eigenvalue weighted by atomic mass is 16.5. The summed E-state index contributed by atoms with van der Waals surface area (Å²) in [5, 5.41) is 9.25. The second-order valence-corrected chi connectivity index (χ2v) is 8.51. The Morgan fingerprint density at radius 1 is 1.10 bits per heavy atom. The first-order chi connectivity index (χ1) is 14.5. The van der Waals surface area contributed by atoms with Crippen LogP contribution in [0.2, 0.25) is 0 Å². The van der Waals surface area contributed by atoms with Crippen molar-refractivity contribution in [3.63, 3.8) is 0 Å². The lowest BCUT2D eigenvalue weighted by molar-refractivity contribution is 0.313. The summed E-state index contributed by atoms with van der Waals surface area (Å²) >= 11 is 0. The molecule has 0 aromatic heterocycles. The van der Waals surface area contributed by atoms with Gasteiger partial charge in [-0.3, -0.25) is 0 Å². The molecule has 0 saturated heterocycles. The van der Waals surface area contributed by atoms with E-state index in [9.17, 15) is 5.26 Å². The van der Waals surface area contributed by atoms with Crippen molar-refractivity contribution in [2.45, 2.75) is 46.5 Å². The smallest absolute Gasteiger partial charge is 0.140 e. The molecule has 4 heteroatoms. The molecule has 0 spiro atoms. The average molecular weight is 399 g/mol. The third kappa shape index (κ3) is 3.15. The maximum absolute atomic E-state index is 9.25. The van der Waals surface area contributed by atoms with Gasteiger partial charge in [0.05, 0.1) is 6.07 Å². The van der Waals surface area contributed by atoms with E-state index in [0.717, 1.165) is 48.8 Å². The summed E-state index contributed by atoms with van der Waals surface area (Å²) in [7, 11) is 0. The van der Waals surface area contributed by atoms with Crippen LogP contribution in [0.4, 0.5) is 5.69 Å². The number of rotatable bonds is 1. The van der Waals surface area contributed by atoms with Crippen molar-refractivity contribution in [1.29, 1.82) is 5.26 Å². The molecule has 0 radical (unpaired) electrons. The van der Waals surface area contributed by atoms with E-state index in [1.165, 1.54) is 40.8 Å². The van der Waals surface area contributed by atoms with Gasteiger partial charge in [-0.1, -0.05) is 0 Å². The Balaban J connectivity index is 1.56. The van der Waals surface area contributed by atoms with Crippen LogP contribution in [0.3, 0.4) is 0 Å². The van der Waals surface area contributed by atoms with E-state index in [0.29, 0.717) is 11.3 Å². The number of aryl methyl sites for hydroxylation is 1. The number of nitriles is 1. The van der Waals surface area contributed by atoms with Gasteiger partial charge in [0.2, 0.25) is 0 Å². The first-order valence-corrected chi connectivity index (χ1v) is 10.7. The number of ether oxygens (including phenoxy) is 2. The average Bonchev–Trinajstić information content (AvgIpc) is 2.74. The molecule has 5 rings (SSSR count). The van der Waals surface area contributed by atoms with Crippen molar-refractivity contribution in [3.05, 3.63) is 75.5 Å². The van der Waals surface area contributed by atoms with Crippen LogP contribution in [0.25, 0.3) is 5.57 Å². The molecule has 152 valence electrons. The number of anilines is 1. The minimum atomic E-state index is 0.673. The summed E-state index contributed by atoms with van der Waals surface area (Å²) in [6.45, 7) is 8.18. The van der Waals surface area contributed by atoms with Crippen LogP contribution in [0.1, 0.15) is 50.3 Å². The van der Waals surface area contributed by atoms with Crippen molar-refractivity contribution in [2.75, 3.05) is 18.0 Å². The predicted octanol–water partition coefficient (Wildman–Crippen LogP) is 5.72. The molecule has 1 aromatic rings. The zero-order valence-corrected chi connectivity index (χ0v) is 17.8. The molecule has 0 N–H and O–H groups in total. The second-order valence-electron chi connectivity index (χ2n) is 8.51. The molecule has 30 heavy (non-hydrogen) atoms. The molecule has 1 aromatic carbocycles. The largest absolute Gasteiger partial charge is 0.462 e. The van der Waals surface area contributed by atoms with Crippen molar-refractivity contribution in [1.82, 2.24) is 0 Å². The predicted molar refractivity (Wildman–Crippen MR) is 119 cm³/mol. The summed E-state index contributed by atoms with van der Waals surface area (Å²) in [4.78, 5) is 2.54. The number of hydrogen-bond acceptors (Lipinski definition) is 4. The molecule has 4 aliphatic rings. The van der Waals surface area contributed by atoms with E-state index in [2.05, 4.69) is 30.0 Å². The van der Waals surface area contributed by atoms with Gasteiger partial charge in [-0.15, -0.1) is 0 Å². The molecular weight excluding hydrogens is 372 g/mol. The van der Waals surface area contributed by atoms with Gasteiger partial charge in [-0.05, 0) is 87.5 Å². The van der Waals surface area contributed by atoms with Gasteiger partial charge in [0, 0.05) is 41.6 Å². The molecule has 0 atom stereocenters. The molecule has 4 heterocycles. The Morgan fingerprint density at radius 2 is 1.90 bits per heavy atom. The molecule has 0 bridgehead atoms. The van der Waals surface area contributed by atoms with Crippen LogP contribution in [0.5, 0.6) is 5.75 Å². The van der Waals surface area contributed by atoms with Crippen molar-refractivity contribution < 1.29 is 9.47 Å². The van der Waals surface area contributed by atoms with Crippen molar-refractivity contribution in [3.8, 4) is 11.8 Å². The monoisotopic (exact) mass is 398 g/mol. The van der Waals surface area contributed by atoms with Gasteiger partial charge < -0.3 is 14.4 Å². The minimum absolute atomic E-state index is 0.673. The molecule has 4 nitrogen and oxygen atoms in total. The number of fused-ring (bicyclic) bond motifs is 2. The number of allylic oxidation sites excluding steroid dienone is 8. The van der Waals surface area contributed by atoms with Crippen LogP contribution in [0, 0.1) is 11.3 Å². The third-order valence-corrected chi connectivity index (χ3v) is 6.30. The molecular formula is C26H26N2O2. The van der Waals surface area contributed by atoms with E-state index in [-0.39, 0.29) is 0 Å². The lowest BCUT2D eigenvalue weighted by Gasteiger charge is -2.39. The van der Waals surface area contributed by atoms with Crippen molar-refractivity contribution in [2.24, 2.45) is 0 Å². The lowest BCUT2D eigenvalue weighted by Crippen LogP contribution is -2.35. The van der Waals surface area contributed by atoms with Crippen molar-refractivity contribution >= 4 is 11.3 Å². The zero-order valence-electron chi connectivity index (χ0n) is 17.8. The van der Waals surface area contributed by atoms with Gasteiger partial charge in [-0.2, -0.15) is 5.26 Å². The Bertz CT molecular complexity index is 1140. The number of hydrogen-bond donors (Lipinski definition) is 0. The van der Waals surface area contributed by atoms with E-state index in [1.54, 1.807) is 0 Å². The van der Waals surface area contributed by atoms with Crippen LogP contribution in [-0.4, -0.2) is 13.1 Å².